The molecule has 1 aromatic carbocycles. The Morgan fingerprint density at radius 1 is 1.19 bits per heavy atom. The summed E-state index contributed by atoms with van der Waals surface area (Å²) in [6.45, 7) is 8.08. The Balaban J connectivity index is 1.59. The molecule has 1 aliphatic rings. The summed E-state index contributed by atoms with van der Waals surface area (Å²) in [6.07, 6.45) is 4.39. The average Bonchev–Trinajstić information content (AvgIpc) is 3.05. The first-order valence-corrected chi connectivity index (χ1v) is 7.86. The lowest BCUT2D eigenvalue weighted by molar-refractivity contribution is 0.362. The van der Waals surface area contributed by atoms with E-state index < -0.39 is 0 Å². The molecule has 1 aromatic heterocycles. The third-order valence-corrected chi connectivity index (χ3v) is 4.67. The highest BCUT2D eigenvalue weighted by Gasteiger charge is 2.36. The highest BCUT2D eigenvalue weighted by atomic mass is 15.1. The lowest BCUT2D eigenvalue weighted by Crippen LogP contribution is -2.31. The van der Waals surface area contributed by atoms with Crippen molar-refractivity contribution in [3.8, 4) is 11.3 Å². The largest absolute Gasteiger partial charge is 0.310 e. The molecule has 3 heteroatoms. The number of nitrogens with zero attached hydrogens (tertiary/aromatic N) is 1. The maximum atomic E-state index is 3.99. The minimum absolute atomic E-state index is 0.488. The Bertz CT molecular complexity index is 569. The van der Waals surface area contributed by atoms with E-state index in [1.807, 2.05) is 6.07 Å². The quantitative estimate of drug-likeness (QED) is 0.890. The van der Waals surface area contributed by atoms with Gasteiger partial charge in [0, 0.05) is 18.8 Å². The molecule has 3 rings (SSSR count). The molecule has 2 N–H and O–H groups in total. The number of nitrogens with one attached hydrogen (secondary N) is 2. The summed E-state index contributed by atoms with van der Waals surface area (Å²) in [5, 5.41) is 10.7. The minimum atomic E-state index is 0.488. The van der Waals surface area contributed by atoms with Crippen LogP contribution in [0.1, 0.15) is 39.2 Å². The van der Waals surface area contributed by atoms with Crippen molar-refractivity contribution in [1.29, 1.82) is 0 Å². The number of hydrogen-bond donors (Lipinski definition) is 2. The SMILES string of the molecule is CC1CC(C)(C)CC1NCc1ccc(-c2ccn[nH]2)cc1. The van der Waals surface area contributed by atoms with Crippen LogP contribution in [0.2, 0.25) is 0 Å². The summed E-state index contributed by atoms with van der Waals surface area (Å²) in [4.78, 5) is 0. The molecule has 0 spiro atoms. The van der Waals surface area contributed by atoms with E-state index in [1.165, 1.54) is 24.0 Å². The first kappa shape index (κ1) is 14.3. The topological polar surface area (TPSA) is 40.7 Å². The Hall–Kier alpha value is -1.61. The van der Waals surface area contributed by atoms with Gasteiger partial charge in [0.05, 0.1) is 5.69 Å². The molecule has 2 unspecified atom stereocenters. The van der Waals surface area contributed by atoms with Crippen molar-refractivity contribution in [2.75, 3.05) is 0 Å². The molecule has 21 heavy (non-hydrogen) atoms. The fourth-order valence-corrected chi connectivity index (χ4v) is 3.63. The van der Waals surface area contributed by atoms with Crippen LogP contribution < -0.4 is 5.32 Å². The van der Waals surface area contributed by atoms with Crippen LogP contribution in [0.25, 0.3) is 11.3 Å². The molecule has 0 aliphatic heterocycles. The van der Waals surface area contributed by atoms with Crippen molar-refractivity contribution in [1.82, 2.24) is 15.5 Å². The van der Waals surface area contributed by atoms with Crippen LogP contribution in [0, 0.1) is 11.3 Å². The predicted molar refractivity (Wildman–Crippen MR) is 86.8 cm³/mol. The van der Waals surface area contributed by atoms with Gasteiger partial charge in [-0.3, -0.25) is 5.10 Å². The van der Waals surface area contributed by atoms with E-state index in [0.29, 0.717) is 11.5 Å². The van der Waals surface area contributed by atoms with Crippen LogP contribution >= 0.6 is 0 Å². The van der Waals surface area contributed by atoms with Gasteiger partial charge in [-0.2, -0.15) is 5.10 Å². The van der Waals surface area contributed by atoms with Crippen LogP contribution in [0.4, 0.5) is 0 Å². The molecule has 2 aromatic rings. The van der Waals surface area contributed by atoms with E-state index in [2.05, 4.69) is 60.6 Å². The Kier molecular flexibility index (Phi) is 3.85. The molecule has 0 radical (unpaired) electrons. The van der Waals surface area contributed by atoms with Crippen molar-refractivity contribution in [3.05, 3.63) is 42.1 Å². The summed E-state index contributed by atoms with van der Waals surface area (Å²) in [6, 6.07) is 11.4. The van der Waals surface area contributed by atoms with Gasteiger partial charge >= 0.3 is 0 Å². The first-order valence-electron chi connectivity index (χ1n) is 7.86. The van der Waals surface area contributed by atoms with Gasteiger partial charge in [-0.15, -0.1) is 0 Å². The zero-order chi connectivity index (χ0) is 14.9. The normalized spacial score (nSPS) is 24.3. The van der Waals surface area contributed by atoms with Crippen LogP contribution in [0.15, 0.2) is 36.5 Å². The smallest absolute Gasteiger partial charge is 0.0650 e. The fourth-order valence-electron chi connectivity index (χ4n) is 3.63. The van der Waals surface area contributed by atoms with Gasteiger partial charge < -0.3 is 5.32 Å². The number of aromatic amines is 1. The van der Waals surface area contributed by atoms with Crippen molar-refractivity contribution >= 4 is 0 Å². The molecule has 1 heterocycles. The number of aromatic nitrogens is 2. The van der Waals surface area contributed by atoms with Gasteiger partial charge in [-0.25, -0.2) is 0 Å². The van der Waals surface area contributed by atoms with Gasteiger partial charge in [0.25, 0.3) is 0 Å². The Labute approximate surface area is 127 Å². The molecule has 112 valence electrons. The van der Waals surface area contributed by atoms with Crippen molar-refractivity contribution < 1.29 is 0 Å². The third-order valence-electron chi connectivity index (χ3n) is 4.67. The van der Waals surface area contributed by atoms with Crippen LogP contribution in [0.3, 0.4) is 0 Å². The standard InChI is InChI=1S/C18H25N3/c1-13-10-18(2,3)11-17(13)19-12-14-4-6-15(7-5-14)16-8-9-20-21-16/h4-9,13,17,19H,10-12H2,1-3H3,(H,20,21). The van der Waals surface area contributed by atoms with E-state index in [0.717, 1.165) is 18.2 Å². The molecule has 1 fully saturated rings. The second-order valence-electron chi connectivity index (χ2n) is 7.20. The second-order valence-corrected chi connectivity index (χ2v) is 7.20. The minimum Gasteiger partial charge on any atom is -0.310 e. The third kappa shape index (κ3) is 3.35. The van der Waals surface area contributed by atoms with Gasteiger partial charge in [0.2, 0.25) is 0 Å². The zero-order valence-corrected chi connectivity index (χ0v) is 13.2. The van der Waals surface area contributed by atoms with E-state index >= 15 is 0 Å². The maximum absolute atomic E-state index is 3.99. The summed E-state index contributed by atoms with van der Waals surface area (Å²) in [5.41, 5.74) is 4.09. The highest BCUT2D eigenvalue weighted by Crippen LogP contribution is 2.40. The monoisotopic (exact) mass is 283 g/mol. The van der Waals surface area contributed by atoms with Crippen molar-refractivity contribution in [3.63, 3.8) is 0 Å². The molecule has 3 nitrogen and oxygen atoms in total. The van der Waals surface area contributed by atoms with E-state index in [-0.39, 0.29) is 0 Å². The summed E-state index contributed by atoms with van der Waals surface area (Å²) in [5.74, 6) is 0.768. The molecule has 1 aliphatic carbocycles. The van der Waals surface area contributed by atoms with E-state index in [9.17, 15) is 0 Å². The molecule has 0 bridgehead atoms. The number of benzene rings is 1. The van der Waals surface area contributed by atoms with Crippen molar-refractivity contribution in [2.45, 2.75) is 46.2 Å². The van der Waals surface area contributed by atoms with Gasteiger partial charge in [0.1, 0.15) is 0 Å². The summed E-state index contributed by atoms with van der Waals surface area (Å²) in [7, 11) is 0. The lowest BCUT2D eigenvalue weighted by Gasteiger charge is -2.18. The van der Waals surface area contributed by atoms with Gasteiger partial charge in [0.15, 0.2) is 0 Å². The molecule has 2 atom stereocenters. The lowest BCUT2D eigenvalue weighted by atomic mass is 9.91. The number of rotatable bonds is 4. The zero-order valence-electron chi connectivity index (χ0n) is 13.2. The van der Waals surface area contributed by atoms with Crippen molar-refractivity contribution in [2.24, 2.45) is 11.3 Å². The second kappa shape index (κ2) is 5.64. The first-order chi connectivity index (χ1) is 10.0. The number of hydrogen-bond acceptors (Lipinski definition) is 2. The van der Waals surface area contributed by atoms with Crippen LogP contribution in [-0.2, 0) is 6.54 Å². The van der Waals surface area contributed by atoms with E-state index in [1.54, 1.807) is 6.20 Å². The average molecular weight is 283 g/mol. The molecule has 0 amide bonds. The Morgan fingerprint density at radius 3 is 2.52 bits per heavy atom. The van der Waals surface area contributed by atoms with Crippen LogP contribution in [0.5, 0.6) is 0 Å². The highest BCUT2D eigenvalue weighted by molar-refractivity contribution is 5.58. The van der Waals surface area contributed by atoms with Gasteiger partial charge in [-0.05, 0) is 41.4 Å². The predicted octanol–water partition coefficient (Wildman–Crippen LogP) is 3.99. The molecular weight excluding hydrogens is 258 g/mol. The van der Waals surface area contributed by atoms with Crippen LogP contribution in [-0.4, -0.2) is 16.2 Å². The van der Waals surface area contributed by atoms with Gasteiger partial charge in [-0.1, -0.05) is 45.0 Å². The molecular formula is C18H25N3. The molecule has 1 saturated carbocycles. The number of H-pyrrole nitrogens is 1. The maximum Gasteiger partial charge on any atom is 0.0650 e. The summed E-state index contributed by atoms with van der Waals surface area (Å²) < 4.78 is 0. The fraction of sp³-hybridized carbons (Fsp3) is 0.500. The summed E-state index contributed by atoms with van der Waals surface area (Å²) >= 11 is 0. The Morgan fingerprint density at radius 2 is 1.95 bits per heavy atom. The van der Waals surface area contributed by atoms with E-state index in [4.69, 9.17) is 0 Å². The molecule has 0 saturated heterocycles.